The number of rotatable bonds is 7. The molecule has 0 atom stereocenters. The molecule has 0 aromatic heterocycles. The van der Waals surface area contributed by atoms with E-state index in [1.807, 2.05) is 0 Å². The van der Waals surface area contributed by atoms with Gasteiger partial charge >= 0.3 is 0 Å². The van der Waals surface area contributed by atoms with Crippen LogP contribution in [0.25, 0.3) is 0 Å². The monoisotopic (exact) mass is 407 g/mol. The summed E-state index contributed by atoms with van der Waals surface area (Å²) >= 11 is 0. The predicted molar refractivity (Wildman–Crippen MR) is 117 cm³/mol. The van der Waals surface area contributed by atoms with E-state index in [2.05, 4.69) is 32.8 Å². The number of carbonyl (C=O) groups excluding carboxylic acids is 1. The first-order chi connectivity index (χ1) is 14.2. The average molecular weight is 408 g/mol. The lowest BCUT2D eigenvalue weighted by Gasteiger charge is -2.48. The maximum absolute atomic E-state index is 12.3. The van der Waals surface area contributed by atoms with Crippen molar-refractivity contribution in [1.82, 2.24) is 20.9 Å². The molecule has 2 aliphatic carbocycles. The smallest absolute Gasteiger partial charge is 0.242 e. The number of guanidine groups is 1. The van der Waals surface area contributed by atoms with E-state index in [-0.39, 0.29) is 18.0 Å². The van der Waals surface area contributed by atoms with Gasteiger partial charge in [0.05, 0.1) is 13.2 Å². The molecule has 3 rings (SSSR count). The third-order valence-electron chi connectivity index (χ3n) is 6.75. The Kier molecular flexibility index (Phi) is 9.05. The van der Waals surface area contributed by atoms with E-state index in [1.165, 1.54) is 51.4 Å². The lowest BCUT2D eigenvalue weighted by Crippen LogP contribution is -2.60. The minimum Gasteiger partial charge on any atom is -0.379 e. The zero-order valence-corrected chi connectivity index (χ0v) is 18.3. The fourth-order valence-electron chi connectivity index (χ4n) is 5.11. The van der Waals surface area contributed by atoms with Gasteiger partial charge in [0.1, 0.15) is 6.54 Å². The largest absolute Gasteiger partial charge is 0.379 e. The number of nitrogens with zero attached hydrogens (tertiary/aromatic N) is 2. The molecule has 1 aliphatic heterocycles. The Morgan fingerprint density at radius 2 is 1.72 bits per heavy atom. The topological polar surface area (TPSA) is 78.0 Å². The van der Waals surface area contributed by atoms with E-state index >= 15 is 0 Å². The molecule has 0 spiro atoms. The van der Waals surface area contributed by atoms with Crippen molar-refractivity contribution in [3.63, 3.8) is 0 Å². The molecule has 0 aromatic carbocycles. The highest BCUT2D eigenvalue weighted by atomic mass is 16.5. The van der Waals surface area contributed by atoms with Crippen LogP contribution in [0.2, 0.25) is 0 Å². The SMILES string of the molecule is CCNC(=NCC(=O)NC1CCCCC1)NCC1(N2CCOCC2)CCCCC1. The summed E-state index contributed by atoms with van der Waals surface area (Å²) in [6, 6.07) is 0.342. The van der Waals surface area contributed by atoms with Gasteiger partial charge in [0.2, 0.25) is 5.91 Å². The van der Waals surface area contributed by atoms with Gasteiger partial charge in [-0.05, 0) is 32.6 Å². The lowest BCUT2D eigenvalue weighted by atomic mass is 9.80. The van der Waals surface area contributed by atoms with Gasteiger partial charge in [0, 0.05) is 37.8 Å². The molecule has 1 saturated heterocycles. The molecule has 29 heavy (non-hydrogen) atoms. The summed E-state index contributed by atoms with van der Waals surface area (Å²) in [4.78, 5) is 19.5. The molecule has 166 valence electrons. The van der Waals surface area contributed by atoms with E-state index in [4.69, 9.17) is 4.74 Å². The first kappa shape index (κ1) is 22.3. The second kappa shape index (κ2) is 11.7. The third kappa shape index (κ3) is 6.85. The molecular formula is C22H41N5O2. The van der Waals surface area contributed by atoms with Crippen molar-refractivity contribution in [1.29, 1.82) is 0 Å². The number of morpholine rings is 1. The van der Waals surface area contributed by atoms with Gasteiger partial charge in [-0.2, -0.15) is 0 Å². The zero-order chi connectivity index (χ0) is 20.4. The van der Waals surface area contributed by atoms with E-state index in [9.17, 15) is 4.79 Å². The molecule has 2 saturated carbocycles. The second-order valence-corrected chi connectivity index (χ2v) is 8.84. The fourth-order valence-corrected chi connectivity index (χ4v) is 5.11. The predicted octanol–water partition coefficient (Wildman–Crippen LogP) is 2.03. The third-order valence-corrected chi connectivity index (χ3v) is 6.75. The van der Waals surface area contributed by atoms with Gasteiger partial charge in [0.15, 0.2) is 5.96 Å². The number of hydrogen-bond acceptors (Lipinski definition) is 4. The fraction of sp³-hybridized carbons (Fsp3) is 0.909. The first-order valence-corrected chi connectivity index (χ1v) is 11.9. The molecule has 1 amide bonds. The second-order valence-electron chi connectivity index (χ2n) is 8.84. The van der Waals surface area contributed by atoms with Gasteiger partial charge in [-0.3, -0.25) is 9.69 Å². The molecule has 0 aromatic rings. The van der Waals surface area contributed by atoms with Gasteiger partial charge in [0.25, 0.3) is 0 Å². The van der Waals surface area contributed by atoms with Crippen LogP contribution >= 0.6 is 0 Å². The average Bonchev–Trinajstić information content (AvgIpc) is 2.77. The van der Waals surface area contributed by atoms with Crippen LogP contribution in [-0.2, 0) is 9.53 Å². The lowest BCUT2D eigenvalue weighted by molar-refractivity contribution is -0.120. The Balaban J connectivity index is 1.54. The van der Waals surface area contributed by atoms with Gasteiger partial charge in [-0.25, -0.2) is 4.99 Å². The zero-order valence-electron chi connectivity index (χ0n) is 18.3. The number of nitrogens with one attached hydrogen (secondary N) is 3. The molecule has 0 bridgehead atoms. The van der Waals surface area contributed by atoms with Crippen molar-refractivity contribution >= 4 is 11.9 Å². The quantitative estimate of drug-likeness (QED) is 0.445. The standard InChI is InChI=1S/C22H41N5O2/c1-2-23-21(24-17-20(28)26-19-9-5-3-6-10-19)25-18-22(11-7-4-8-12-22)27-13-15-29-16-14-27/h19H,2-18H2,1H3,(H,26,28)(H2,23,24,25). The Bertz CT molecular complexity index is 521. The summed E-state index contributed by atoms with van der Waals surface area (Å²) in [6.07, 6.45) is 12.3. The summed E-state index contributed by atoms with van der Waals surface area (Å²) in [5.74, 6) is 0.791. The molecule has 7 heteroatoms. The maximum atomic E-state index is 12.3. The van der Waals surface area contributed by atoms with Crippen molar-refractivity contribution < 1.29 is 9.53 Å². The molecule has 3 aliphatic rings. The van der Waals surface area contributed by atoms with Crippen LogP contribution in [0.15, 0.2) is 4.99 Å². The van der Waals surface area contributed by atoms with Crippen molar-refractivity contribution in [2.45, 2.75) is 82.7 Å². The molecule has 3 N–H and O–H groups in total. The summed E-state index contributed by atoms with van der Waals surface area (Å²) in [7, 11) is 0. The summed E-state index contributed by atoms with van der Waals surface area (Å²) in [6.45, 7) is 7.62. The maximum Gasteiger partial charge on any atom is 0.242 e. The molecule has 1 heterocycles. The summed E-state index contributed by atoms with van der Waals surface area (Å²) in [5, 5.41) is 10.0. The Labute approximate surface area is 176 Å². The van der Waals surface area contributed by atoms with Crippen molar-refractivity contribution in [2.75, 3.05) is 45.9 Å². The van der Waals surface area contributed by atoms with E-state index < -0.39 is 0 Å². The van der Waals surface area contributed by atoms with Crippen LogP contribution in [0.3, 0.4) is 0 Å². The van der Waals surface area contributed by atoms with E-state index in [0.717, 1.165) is 58.2 Å². The number of carbonyl (C=O) groups is 1. The number of amides is 1. The summed E-state index contributed by atoms with van der Waals surface area (Å²) in [5.41, 5.74) is 0.183. The van der Waals surface area contributed by atoms with Crippen LogP contribution in [0.5, 0.6) is 0 Å². The van der Waals surface area contributed by atoms with Crippen LogP contribution < -0.4 is 16.0 Å². The molecule has 3 fully saturated rings. The number of aliphatic imine (C=N–C) groups is 1. The minimum absolute atomic E-state index is 0.0367. The molecule has 7 nitrogen and oxygen atoms in total. The van der Waals surface area contributed by atoms with Crippen molar-refractivity contribution in [3.05, 3.63) is 0 Å². The molecule has 0 radical (unpaired) electrons. The van der Waals surface area contributed by atoms with Crippen molar-refractivity contribution in [2.24, 2.45) is 4.99 Å². The van der Waals surface area contributed by atoms with Crippen LogP contribution in [-0.4, -0.2) is 74.3 Å². The van der Waals surface area contributed by atoms with E-state index in [0.29, 0.717) is 6.04 Å². The van der Waals surface area contributed by atoms with Crippen LogP contribution in [0.4, 0.5) is 0 Å². The van der Waals surface area contributed by atoms with E-state index in [1.54, 1.807) is 0 Å². The highest BCUT2D eigenvalue weighted by molar-refractivity contribution is 5.85. The van der Waals surface area contributed by atoms with Crippen LogP contribution in [0.1, 0.15) is 71.1 Å². The Morgan fingerprint density at radius 3 is 2.41 bits per heavy atom. The van der Waals surface area contributed by atoms with Gasteiger partial charge in [-0.1, -0.05) is 38.5 Å². The first-order valence-electron chi connectivity index (χ1n) is 11.9. The van der Waals surface area contributed by atoms with Gasteiger partial charge in [-0.15, -0.1) is 0 Å². The number of ether oxygens (including phenoxy) is 1. The van der Waals surface area contributed by atoms with Gasteiger partial charge < -0.3 is 20.7 Å². The highest BCUT2D eigenvalue weighted by Gasteiger charge is 2.38. The normalized spacial score (nSPS) is 24.1. The van der Waals surface area contributed by atoms with Crippen molar-refractivity contribution in [3.8, 4) is 0 Å². The minimum atomic E-state index is 0.0367. The summed E-state index contributed by atoms with van der Waals surface area (Å²) < 4.78 is 5.58. The molecule has 0 unspecified atom stereocenters. The Morgan fingerprint density at radius 1 is 1.03 bits per heavy atom. The number of hydrogen-bond donors (Lipinski definition) is 3. The van der Waals surface area contributed by atoms with Crippen LogP contribution in [0, 0.1) is 0 Å². The highest BCUT2D eigenvalue weighted by Crippen LogP contribution is 2.33. The molecular weight excluding hydrogens is 366 g/mol. The Hall–Kier alpha value is -1.34.